The first-order valence-corrected chi connectivity index (χ1v) is 12.5. The van der Waals surface area contributed by atoms with Crippen molar-refractivity contribution >= 4 is 33.3 Å². The summed E-state index contributed by atoms with van der Waals surface area (Å²) in [5.41, 5.74) is 0.921. The number of aliphatic hydroxyl groups is 1. The number of nitrogens with one attached hydrogen (secondary N) is 2. The molecule has 1 amide bonds. The second-order valence-electron chi connectivity index (χ2n) is 8.10. The molecule has 2 aromatic rings. The van der Waals surface area contributed by atoms with Crippen molar-refractivity contribution in [1.29, 1.82) is 0 Å². The topological polar surface area (TPSA) is 152 Å². The van der Waals surface area contributed by atoms with E-state index in [-0.39, 0.29) is 41.9 Å². The Labute approximate surface area is 202 Å². The van der Waals surface area contributed by atoms with Crippen LogP contribution in [0.15, 0.2) is 52.8 Å². The lowest BCUT2D eigenvalue weighted by atomic mass is 10.1. The highest BCUT2D eigenvalue weighted by atomic mass is 32.2. The number of β-amino-alcohol motifs (C(OH)–C–C–N with tert-alkyl or cyclic N) is 1. The molecule has 12 nitrogen and oxygen atoms in total. The molecule has 188 valence electrons. The minimum absolute atomic E-state index is 0.00630. The number of ether oxygens (including phenoxy) is 2. The van der Waals surface area contributed by atoms with E-state index in [0.717, 1.165) is 12.8 Å². The molecule has 0 aliphatic carbocycles. The molecule has 1 aromatic heterocycles. The Morgan fingerprint density at radius 2 is 1.94 bits per heavy atom. The van der Waals surface area contributed by atoms with Crippen LogP contribution in [0.5, 0.6) is 0 Å². The fourth-order valence-corrected chi connectivity index (χ4v) is 4.99. The molecule has 2 aliphatic rings. The lowest BCUT2D eigenvalue weighted by Gasteiger charge is -2.22. The zero-order valence-corrected chi connectivity index (χ0v) is 20.0. The third-order valence-electron chi connectivity index (χ3n) is 5.81. The Hall–Kier alpha value is -3.42. The van der Waals surface area contributed by atoms with E-state index >= 15 is 0 Å². The van der Waals surface area contributed by atoms with Crippen molar-refractivity contribution in [2.24, 2.45) is 0 Å². The molecule has 35 heavy (non-hydrogen) atoms. The Morgan fingerprint density at radius 3 is 2.60 bits per heavy atom. The number of carbonyl (C=O) groups is 2. The van der Waals surface area contributed by atoms with Crippen molar-refractivity contribution in [1.82, 2.24) is 14.7 Å². The van der Waals surface area contributed by atoms with Gasteiger partial charge in [0.2, 0.25) is 0 Å². The molecular formula is C22H27N5O7S. The molecule has 3 N–H and O–H groups in total. The Kier molecular flexibility index (Phi) is 7.38. The van der Waals surface area contributed by atoms with Gasteiger partial charge in [0.05, 0.1) is 48.7 Å². The standard InChI is InChI=1S/C22H27N5O7S/c1-33-22(30)19-14-26(8-9-28)21(29)20(19)24-15-2-4-18(5-3-15)35(31,32)25-16-12-23-27(13-16)17-6-10-34-11-7-17/h2-5,12-13,17,24-25,28H,6-11,14H2,1H3. The van der Waals surface area contributed by atoms with Crippen molar-refractivity contribution in [2.45, 2.75) is 23.8 Å². The van der Waals surface area contributed by atoms with Crippen LogP contribution in [0.1, 0.15) is 18.9 Å². The number of hydrogen-bond donors (Lipinski definition) is 3. The smallest absolute Gasteiger partial charge is 0.337 e. The Balaban J connectivity index is 1.46. The molecule has 4 rings (SSSR count). The molecule has 0 radical (unpaired) electrons. The average molecular weight is 506 g/mol. The number of anilines is 2. The van der Waals surface area contributed by atoms with Crippen LogP contribution in [0.25, 0.3) is 0 Å². The molecule has 0 atom stereocenters. The molecule has 1 fully saturated rings. The van der Waals surface area contributed by atoms with Gasteiger partial charge in [-0.2, -0.15) is 5.10 Å². The summed E-state index contributed by atoms with van der Waals surface area (Å²) in [7, 11) is -2.66. The molecule has 0 spiro atoms. The number of carbonyl (C=O) groups excluding carboxylic acids is 2. The fraction of sp³-hybridized carbons (Fsp3) is 0.409. The van der Waals surface area contributed by atoms with Gasteiger partial charge in [0.1, 0.15) is 5.70 Å². The maximum Gasteiger partial charge on any atom is 0.337 e. The molecule has 0 unspecified atom stereocenters. The first kappa shape index (κ1) is 24.7. The van der Waals surface area contributed by atoms with E-state index in [2.05, 4.69) is 15.1 Å². The second kappa shape index (κ2) is 10.5. The maximum atomic E-state index is 12.8. The van der Waals surface area contributed by atoms with Crippen molar-refractivity contribution in [2.75, 3.05) is 50.1 Å². The number of benzene rings is 1. The van der Waals surface area contributed by atoms with Gasteiger partial charge in [-0.25, -0.2) is 13.2 Å². The van der Waals surface area contributed by atoms with E-state index in [4.69, 9.17) is 14.6 Å². The summed E-state index contributed by atoms with van der Waals surface area (Å²) in [6.07, 6.45) is 4.76. The van der Waals surface area contributed by atoms with E-state index in [0.29, 0.717) is 24.6 Å². The summed E-state index contributed by atoms with van der Waals surface area (Å²) in [6, 6.07) is 5.92. The number of nitrogens with zero attached hydrogens (tertiary/aromatic N) is 3. The van der Waals surface area contributed by atoms with Crippen LogP contribution in [-0.2, 0) is 29.1 Å². The van der Waals surface area contributed by atoms with E-state index in [1.54, 1.807) is 10.9 Å². The summed E-state index contributed by atoms with van der Waals surface area (Å²) in [6.45, 7) is 1.12. The zero-order valence-electron chi connectivity index (χ0n) is 19.1. The van der Waals surface area contributed by atoms with Crippen molar-refractivity contribution in [3.05, 3.63) is 47.9 Å². The van der Waals surface area contributed by atoms with Crippen LogP contribution < -0.4 is 10.0 Å². The zero-order chi connectivity index (χ0) is 25.0. The molecule has 3 heterocycles. The SMILES string of the molecule is COC(=O)C1=C(Nc2ccc(S(=O)(=O)Nc3cnn(C4CCOCC4)c3)cc2)C(=O)N(CCO)C1. The second-order valence-corrected chi connectivity index (χ2v) is 9.79. The monoisotopic (exact) mass is 505 g/mol. The molecule has 1 aromatic carbocycles. The lowest BCUT2D eigenvalue weighted by Crippen LogP contribution is -2.31. The van der Waals surface area contributed by atoms with Gasteiger partial charge in [0.15, 0.2) is 0 Å². The van der Waals surface area contributed by atoms with Crippen molar-refractivity contribution in [3.63, 3.8) is 0 Å². The molecule has 13 heteroatoms. The molecule has 2 aliphatic heterocycles. The van der Waals surface area contributed by atoms with Crippen LogP contribution >= 0.6 is 0 Å². The fourth-order valence-electron chi connectivity index (χ4n) is 3.96. The van der Waals surface area contributed by atoms with Gasteiger partial charge in [-0.05, 0) is 37.1 Å². The summed E-state index contributed by atoms with van der Waals surface area (Å²) >= 11 is 0. The molecular weight excluding hydrogens is 478 g/mol. The number of methoxy groups -OCH3 is 1. The third kappa shape index (κ3) is 5.47. The van der Waals surface area contributed by atoms with Crippen LogP contribution in [0.2, 0.25) is 0 Å². The van der Waals surface area contributed by atoms with Gasteiger partial charge < -0.3 is 24.8 Å². The maximum absolute atomic E-state index is 12.8. The summed E-state index contributed by atoms with van der Waals surface area (Å²) in [5, 5.41) is 16.3. The number of sulfonamides is 1. The highest BCUT2D eigenvalue weighted by molar-refractivity contribution is 7.92. The average Bonchev–Trinajstić information content (AvgIpc) is 3.44. The van der Waals surface area contributed by atoms with Crippen LogP contribution in [0, 0.1) is 0 Å². The molecule has 0 saturated carbocycles. The third-order valence-corrected chi connectivity index (χ3v) is 7.20. The minimum Gasteiger partial charge on any atom is -0.466 e. The summed E-state index contributed by atoms with van der Waals surface area (Å²) in [5.74, 6) is -1.12. The first-order valence-electron chi connectivity index (χ1n) is 11.1. The van der Waals surface area contributed by atoms with Gasteiger partial charge in [-0.1, -0.05) is 0 Å². The largest absolute Gasteiger partial charge is 0.466 e. The van der Waals surface area contributed by atoms with Crippen molar-refractivity contribution in [3.8, 4) is 0 Å². The van der Waals surface area contributed by atoms with Crippen LogP contribution in [0.4, 0.5) is 11.4 Å². The Bertz CT molecular complexity index is 1220. The van der Waals surface area contributed by atoms with Gasteiger partial charge in [-0.15, -0.1) is 0 Å². The van der Waals surface area contributed by atoms with Gasteiger partial charge in [0, 0.05) is 31.6 Å². The number of aliphatic hydroxyl groups excluding tert-OH is 1. The summed E-state index contributed by atoms with van der Waals surface area (Å²) in [4.78, 5) is 26.1. The predicted octanol–water partition coefficient (Wildman–Crippen LogP) is 0.709. The van der Waals surface area contributed by atoms with Crippen LogP contribution in [-0.4, -0.2) is 80.1 Å². The highest BCUT2D eigenvalue weighted by Gasteiger charge is 2.34. The summed E-state index contributed by atoms with van der Waals surface area (Å²) < 4.78 is 40.1. The normalized spacial score (nSPS) is 17.1. The lowest BCUT2D eigenvalue weighted by molar-refractivity contribution is -0.136. The van der Waals surface area contributed by atoms with E-state index in [9.17, 15) is 18.0 Å². The quantitative estimate of drug-likeness (QED) is 0.418. The molecule has 1 saturated heterocycles. The number of aromatic nitrogens is 2. The van der Waals surface area contributed by atoms with E-state index in [1.165, 1.54) is 42.5 Å². The van der Waals surface area contributed by atoms with Crippen molar-refractivity contribution < 1.29 is 32.6 Å². The predicted molar refractivity (Wildman–Crippen MR) is 125 cm³/mol. The van der Waals surface area contributed by atoms with E-state index < -0.39 is 21.9 Å². The van der Waals surface area contributed by atoms with Crippen LogP contribution in [0.3, 0.4) is 0 Å². The number of hydrogen-bond acceptors (Lipinski definition) is 9. The Morgan fingerprint density at radius 1 is 1.23 bits per heavy atom. The minimum atomic E-state index is -3.87. The van der Waals surface area contributed by atoms with Gasteiger partial charge in [-0.3, -0.25) is 14.2 Å². The number of rotatable bonds is 9. The van der Waals surface area contributed by atoms with Gasteiger partial charge >= 0.3 is 5.97 Å². The van der Waals surface area contributed by atoms with E-state index in [1.807, 2.05) is 0 Å². The first-order chi connectivity index (χ1) is 16.8. The number of esters is 1. The highest BCUT2D eigenvalue weighted by Crippen LogP contribution is 2.25. The van der Waals surface area contributed by atoms with Gasteiger partial charge in [0.25, 0.3) is 15.9 Å². The molecule has 0 bridgehead atoms. The number of amides is 1.